The molecule has 0 fully saturated rings. The number of anilines is 1. The summed E-state index contributed by atoms with van der Waals surface area (Å²) in [7, 11) is 0. The van der Waals surface area contributed by atoms with Gasteiger partial charge in [-0.05, 0) is 43.2 Å². The number of nitrogens with zero attached hydrogens (tertiary/aromatic N) is 1. The van der Waals surface area contributed by atoms with E-state index in [0.29, 0.717) is 5.75 Å². The summed E-state index contributed by atoms with van der Waals surface area (Å²) in [5.41, 5.74) is 2.08. The third kappa shape index (κ3) is 4.69. The van der Waals surface area contributed by atoms with E-state index >= 15 is 0 Å². The third-order valence-corrected chi connectivity index (χ3v) is 3.33. The van der Waals surface area contributed by atoms with Crippen LogP contribution < -0.4 is 10.1 Å². The first-order valence-electron chi connectivity index (χ1n) is 6.80. The molecule has 0 spiro atoms. The number of aryl methyl sites for hydroxylation is 2. The van der Waals surface area contributed by atoms with Crippen molar-refractivity contribution in [2.24, 2.45) is 0 Å². The molecule has 0 aromatic heterocycles. The quantitative estimate of drug-likeness (QED) is 0.664. The molecule has 6 nitrogen and oxygen atoms in total. The summed E-state index contributed by atoms with van der Waals surface area (Å²) in [5, 5.41) is 13.5. The first-order chi connectivity index (χ1) is 10.8. The highest BCUT2D eigenvalue weighted by atomic mass is 35.5. The Hall–Kier alpha value is -2.60. The number of benzene rings is 2. The predicted octanol–water partition coefficient (Wildman–Crippen LogP) is 3.88. The van der Waals surface area contributed by atoms with Crippen molar-refractivity contribution in [3.05, 3.63) is 62.7 Å². The van der Waals surface area contributed by atoms with Gasteiger partial charge in [0.1, 0.15) is 5.75 Å². The SMILES string of the molecule is Cc1cc(C)cc(OCC(=O)Nc2cc([N+](=O)[O-])ccc2Cl)c1. The van der Waals surface area contributed by atoms with E-state index in [0.717, 1.165) is 11.1 Å². The van der Waals surface area contributed by atoms with E-state index in [1.165, 1.54) is 18.2 Å². The molecule has 0 saturated carbocycles. The van der Waals surface area contributed by atoms with Gasteiger partial charge in [0.15, 0.2) is 6.61 Å². The van der Waals surface area contributed by atoms with Gasteiger partial charge in [-0.15, -0.1) is 0 Å². The Kier molecular flexibility index (Phi) is 5.18. The van der Waals surface area contributed by atoms with E-state index in [-0.39, 0.29) is 23.0 Å². The van der Waals surface area contributed by atoms with Crippen molar-refractivity contribution in [3.8, 4) is 5.75 Å². The lowest BCUT2D eigenvalue weighted by atomic mass is 10.1. The first kappa shape index (κ1) is 16.8. The molecule has 0 unspecified atom stereocenters. The summed E-state index contributed by atoms with van der Waals surface area (Å²) >= 11 is 5.93. The van der Waals surface area contributed by atoms with Crippen molar-refractivity contribution in [1.29, 1.82) is 0 Å². The van der Waals surface area contributed by atoms with Crippen molar-refractivity contribution < 1.29 is 14.5 Å². The predicted molar refractivity (Wildman–Crippen MR) is 88.1 cm³/mol. The average molecular weight is 335 g/mol. The molecular formula is C16H15ClN2O4. The molecule has 0 heterocycles. The van der Waals surface area contributed by atoms with Crippen LogP contribution >= 0.6 is 11.6 Å². The number of nitro groups is 1. The van der Waals surface area contributed by atoms with E-state index in [4.69, 9.17) is 16.3 Å². The van der Waals surface area contributed by atoms with E-state index in [2.05, 4.69) is 5.32 Å². The second kappa shape index (κ2) is 7.11. The fourth-order valence-electron chi connectivity index (χ4n) is 2.07. The number of rotatable bonds is 5. The van der Waals surface area contributed by atoms with Crippen molar-refractivity contribution in [3.63, 3.8) is 0 Å². The number of nitro benzene ring substituents is 1. The average Bonchev–Trinajstić information content (AvgIpc) is 2.46. The van der Waals surface area contributed by atoms with Crippen LogP contribution in [0, 0.1) is 24.0 Å². The van der Waals surface area contributed by atoms with Crippen LogP contribution in [-0.2, 0) is 4.79 Å². The molecule has 2 rings (SSSR count). The molecule has 7 heteroatoms. The minimum Gasteiger partial charge on any atom is -0.484 e. The summed E-state index contributed by atoms with van der Waals surface area (Å²) in [6, 6.07) is 9.47. The lowest BCUT2D eigenvalue weighted by Gasteiger charge is -2.10. The Morgan fingerprint density at radius 3 is 2.48 bits per heavy atom. The molecule has 0 aliphatic rings. The van der Waals surface area contributed by atoms with Gasteiger partial charge >= 0.3 is 0 Å². The molecule has 2 aromatic carbocycles. The van der Waals surface area contributed by atoms with Crippen LogP contribution in [0.5, 0.6) is 5.75 Å². The second-order valence-corrected chi connectivity index (χ2v) is 5.49. The number of hydrogen-bond acceptors (Lipinski definition) is 4. The molecule has 23 heavy (non-hydrogen) atoms. The maximum absolute atomic E-state index is 11.9. The topological polar surface area (TPSA) is 81.5 Å². The number of halogens is 1. The molecule has 0 atom stereocenters. The van der Waals surface area contributed by atoms with Crippen molar-refractivity contribution in [2.45, 2.75) is 13.8 Å². The Morgan fingerprint density at radius 2 is 1.87 bits per heavy atom. The summed E-state index contributed by atoms with van der Waals surface area (Å²) in [5.74, 6) is 0.134. The number of hydrogen-bond donors (Lipinski definition) is 1. The summed E-state index contributed by atoms with van der Waals surface area (Å²) in [6.45, 7) is 3.65. The molecule has 0 radical (unpaired) electrons. The maximum Gasteiger partial charge on any atom is 0.271 e. The molecule has 0 aliphatic carbocycles. The van der Waals surface area contributed by atoms with Gasteiger partial charge in [0.05, 0.1) is 15.6 Å². The van der Waals surface area contributed by atoms with Gasteiger partial charge < -0.3 is 10.1 Å². The summed E-state index contributed by atoms with van der Waals surface area (Å²) in [4.78, 5) is 22.1. The second-order valence-electron chi connectivity index (χ2n) is 5.08. The Bertz CT molecular complexity index is 741. The lowest BCUT2D eigenvalue weighted by Crippen LogP contribution is -2.20. The first-order valence-corrected chi connectivity index (χ1v) is 7.18. The Labute approximate surface area is 138 Å². The van der Waals surface area contributed by atoms with Crippen LogP contribution in [0.3, 0.4) is 0 Å². The van der Waals surface area contributed by atoms with Gasteiger partial charge in [0.25, 0.3) is 11.6 Å². The number of amides is 1. The Morgan fingerprint density at radius 1 is 1.22 bits per heavy atom. The molecule has 120 valence electrons. The Balaban J connectivity index is 2.02. The van der Waals surface area contributed by atoms with Gasteiger partial charge in [0, 0.05) is 12.1 Å². The van der Waals surface area contributed by atoms with Crippen LogP contribution in [0.25, 0.3) is 0 Å². The molecule has 0 bridgehead atoms. The molecule has 1 amide bonds. The normalized spacial score (nSPS) is 10.2. The van der Waals surface area contributed by atoms with E-state index in [1.807, 2.05) is 32.0 Å². The zero-order valence-electron chi connectivity index (χ0n) is 12.6. The van der Waals surface area contributed by atoms with Crippen LogP contribution in [-0.4, -0.2) is 17.4 Å². The number of carbonyl (C=O) groups is 1. The van der Waals surface area contributed by atoms with Crippen molar-refractivity contribution in [1.82, 2.24) is 0 Å². The van der Waals surface area contributed by atoms with Crippen LogP contribution in [0.15, 0.2) is 36.4 Å². The number of non-ortho nitro benzene ring substituents is 1. The van der Waals surface area contributed by atoms with Gasteiger partial charge in [-0.3, -0.25) is 14.9 Å². The highest BCUT2D eigenvalue weighted by Gasteiger charge is 2.12. The van der Waals surface area contributed by atoms with Crippen molar-refractivity contribution in [2.75, 3.05) is 11.9 Å². The maximum atomic E-state index is 11.9. The van der Waals surface area contributed by atoms with E-state index < -0.39 is 10.8 Å². The lowest BCUT2D eigenvalue weighted by molar-refractivity contribution is -0.384. The molecular weight excluding hydrogens is 320 g/mol. The van der Waals surface area contributed by atoms with E-state index in [1.54, 1.807) is 0 Å². The van der Waals surface area contributed by atoms with Crippen molar-refractivity contribution >= 4 is 28.9 Å². The standard InChI is InChI=1S/C16H15ClN2O4/c1-10-5-11(2)7-13(6-10)23-9-16(20)18-15-8-12(19(21)22)3-4-14(15)17/h3-8H,9H2,1-2H3,(H,18,20). The zero-order valence-corrected chi connectivity index (χ0v) is 13.4. The van der Waals surface area contributed by atoms with E-state index in [9.17, 15) is 14.9 Å². The molecule has 0 aliphatic heterocycles. The zero-order chi connectivity index (χ0) is 17.0. The third-order valence-electron chi connectivity index (χ3n) is 3.00. The number of ether oxygens (including phenoxy) is 1. The smallest absolute Gasteiger partial charge is 0.271 e. The largest absolute Gasteiger partial charge is 0.484 e. The minimum absolute atomic E-state index is 0.153. The highest BCUT2D eigenvalue weighted by Crippen LogP contribution is 2.26. The molecule has 1 N–H and O–H groups in total. The number of carbonyl (C=O) groups excluding carboxylic acids is 1. The number of nitrogens with one attached hydrogen (secondary N) is 1. The minimum atomic E-state index is -0.558. The highest BCUT2D eigenvalue weighted by molar-refractivity contribution is 6.33. The fraction of sp³-hybridized carbons (Fsp3) is 0.188. The van der Waals surface area contributed by atoms with Gasteiger partial charge in [-0.1, -0.05) is 17.7 Å². The molecule has 2 aromatic rings. The van der Waals surface area contributed by atoms with Gasteiger partial charge in [0.2, 0.25) is 0 Å². The van der Waals surface area contributed by atoms with Crippen LogP contribution in [0.1, 0.15) is 11.1 Å². The monoisotopic (exact) mass is 334 g/mol. The van der Waals surface area contributed by atoms with Crippen LogP contribution in [0.2, 0.25) is 5.02 Å². The van der Waals surface area contributed by atoms with Gasteiger partial charge in [-0.2, -0.15) is 0 Å². The fourth-order valence-corrected chi connectivity index (χ4v) is 2.24. The van der Waals surface area contributed by atoms with Gasteiger partial charge in [-0.25, -0.2) is 0 Å². The summed E-state index contributed by atoms with van der Waals surface area (Å²) in [6.07, 6.45) is 0. The summed E-state index contributed by atoms with van der Waals surface area (Å²) < 4.78 is 5.43. The molecule has 0 saturated heterocycles. The van der Waals surface area contributed by atoms with Crippen LogP contribution in [0.4, 0.5) is 11.4 Å².